The van der Waals surface area contributed by atoms with E-state index in [9.17, 15) is 0 Å². The quantitative estimate of drug-likeness (QED) is 0.171. The number of aromatic nitrogens is 3. The highest BCUT2D eigenvalue weighted by Gasteiger charge is 2.23. The van der Waals surface area contributed by atoms with Crippen LogP contribution in [-0.4, -0.2) is 13.7 Å². The molecular formula is C54H51N3. The largest absolute Gasteiger partial charge is 0.309 e. The van der Waals surface area contributed by atoms with Gasteiger partial charge in [0.2, 0.25) is 0 Å². The molecule has 10 aromatic rings. The van der Waals surface area contributed by atoms with Crippen LogP contribution in [0.1, 0.15) is 66.8 Å². The molecule has 0 aliphatic heterocycles. The summed E-state index contributed by atoms with van der Waals surface area (Å²) in [6, 6.07) is 35.8. The Labute approximate surface area is 335 Å². The minimum absolute atomic E-state index is 1.16. The molecule has 0 spiro atoms. The minimum atomic E-state index is 1.16. The normalized spacial score (nSPS) is 12.2. The van der Waals surface area contributed by atoms with E-state index in [4.69, 9.17) is 0 Å². The summed E-state index contributed by atoms with van der Waals surface area (Å²) < 4.78 is 7.66. The fraction of sp³-hybridized carbons (Fsp3) is 0.222. The molecule has 3 nitrogen and oxygen atoms in total. The maximum Gasteiger partial charge on any atom is 0.0546 e. The molecule has 0 saturated carbocycles. The third-order valence-corrected chi connectivity index (χ3v) is 12.6. The van der Waals surface area contributed by atoms with Crippen LogP contribution in [-0.2, 0) is 0 Å². The molecule has 0 unspecified atom stereocenters. The smallest absolute Gasteiger partial charge is 0.0546 e. The van der Waals surface area contributed by atoms with Gasteiger partial charge in [0.15, 0.2) is 0 Å². The fourth-order valence-electron chi connectivity index (χ4n) is 10.9. The fourth-order valence-corrected chi connectivity index (χ4v) is 10.9. The Hall–Kier alpha value is -6.06. The van der Waals surface area contributed by atoms with E-state index in [0.717, 1.165) is 17.1 Å². The number of aryl methyl sites for hydroxylation is 12. The molecule has 57 heavy (non-hydrogen) atoms. The summed E-state index contributed by atoms with van der Waals surface area (Å²) in [5.41, 5.74) is 26.5. The Kier molecular flexibility index (Phi) is 7.58. The van der Waals surface area contributed by atoms with Crippen LogP contribution in [0, 0.1) is 83.1 Å². The van der Waals surface area contributed by atoms with Gasteiger partial charge >= 0.3 is 0 Å². The van der Waals surface area contributed by atoms with E-state index < -0.39 is 0 Å². The minimum Gasteiger partial charge on any atom is -0.309 e. The van der Waals surface area contributed by atoms with Gasteiger partial charge in [-0.1, -0.05) is 36.4 Å². The summed E-state index contributed by atoms with van der Waals surface area (Å²) in [6.45, 7) is 27.1. The SMILES string of the molecule is Cc1cc(C)c2c3c(C)cc(C)cc3n(-c3cc(-n4c5cc(C)cc(C)c5c5c(C)cc(C)cc54)cc(-n4c5cc(C)cc(C)c5c5c(C)cc(C)cc54)c3)c2c1. The van der Waals surface area contributed by atoms with Crippen LogP contribution in [0.15, 0.2) is 91.0 Å². The lowest BCUT2D eigenvalue weighted by molar-refractivity contribution is 1.09. The number of hydrogen-bond donors (Lipinski definition) is 0. The summed E-state index contributed by atoms with van der Waals surface area (Å²) in [5, 5.41) is 8.02. The molecule has 0 radical (unpaired) electrons. The lowest BCUT2D eigenvalue weighted by atomic mass is 10.0. The molecule has 0 atom stereocenters. The second kappa shape index (κ2) is 12.2. The van der Waals surface area contributed by atoms with E-state index in [2.05, 4.69) is 188 Å². The molecule has 0 aliphatic rings. The summed E-state index contributed by atoms with van der Waals surface area (Å²) >= 11 is 0. The molecule has 3 heterocycles. The highest BCUT2D eigenvalue weighted by atomic mass is 15.0. The van der Waals surface area contributed by atoms with Gasteiger partial charge in [-0.25, -0.2) is 0 Å². The van der Waals surface area contributed by atoms with Crippen LogP contribution >= 0.6 is 0 Å². The van der Waals surface area contributed by atoms with Crippen molar-refractivity contribution in [2.45, 2.75) is 83.1 Å². The first-order chi connectivity index (χ1) is 27.2. The Morgan fingerprint density at radius 3 is 0.526 bits per heavy atom. The molecule has 0 N–H and O–H groups in total. The third kappa shape index (κ3) is 5.11. The first-order valence-corrected chi connectivity index (χ1v) is 20.4. The van der Waals surface area contributed by atoms with Gasteiger partial charge in [-0.05, 0) is 204 Å². The summed E-state index contributed by atoms with van der Waals surface area (Å²) in [6.07, 6.45) is 0. The van der Waals surface area contributed by atoms with Gasteiger partial charge in [-0.15, -0.1) is 0 Å². The van der Waals surface area contributed by atoms with E-state index in [-0.39, 0.29) is 0 Å². The number of benzene rings is 7. The van der Waals surface area contributed by atoms with Crippen LogP contribution in [0.2, 0.25) is 0 Å². The Morgan fingerprint density at radius 2 is 0.368 bits per heavy atom. The van der Waals surface area contributed by atoms with Crippen molar-refractivity contribution >= 4 is 65.4 Å². The highest BCUT2D eigenvalue weighted by molar-refractivity contribution is 6.15. The zero-order valence-corrected chi connectivity index (χ0v) is 35.5. The molecular weight excluding hydrogens is 691 g/mol. The number of nitrogens with zero attached hydrogens (tertiary/aromatic N) is 3. The topological polar surface area (TPSA) is 14.8 Å². The highest BCUT2D eigenvalue weighted by Crippen LogP contribution is 2.43. The van der Waals surface area contributed by atoms with Crippen LogP contribution in [0.25, 0.3) is 82.5 Å². The third-order valence-electron chi connectivity index (χ3n) is 12.6. The van der Waals surface area contributed by atoms with E-state index >= 15 is 0 Å². The number of fused-ring (bicyclic) bond motifs is 9. The molecule has 0 saturated heterocycles. The monoisotopic (exact) mass is 741 g/mol. The van der Waals surface area contributed by atoms with E-state index in [0.29, 0.717) is 0 Å². The van der Waals surface area contributed by atoms with Crippen molar-refractivity contribution in [3.63, 3.8) is 0 Å². The molecule has 7 aromatic carbocycles. The van der Waals surface area contributed by atoms with Crippen molar-refractivity contribution in [2.75, 3.05) is 0 Å². The van der Waals surface area contributed by atoms with Crippen molar-refractivity contribution in [3.8, 4) is 17.1 Å². The van der Waals surface area contributed by atoms with Crippen LogP contribution in [0.4, 0.5) is 0 Å². The maximum atomic E-state index is 2.55. The molecule has 10 rings (SSSR count). The zero-order valence-electron chi connectivity index (χ0n) is 35.5. The van der Waals surface area contributed by atoms with Gasteiger partial charge in [0.05, 0.1) is 50.2 Å². The van der Waals surface area contributed by atoms with Gasteiger partial charge in [0, 0.05) is 32.3 Å². The predicted molar refractivity (Wildman–Crippen MR) is 246 cm³/mol. The molecule has 0 bridgehead atoms. The van der Waals surface area contributed by atoms with Crippen molar-refractivity contribution < 1.29 is 0 Å². The second-order valence-corrected chi connectivity index (χ2v) is 17.6. The zero-order chi connectivity index (χ0) is 39.9. The Bertz CT molecular complexity index is 2840. The lowest BCUT2D eigenvalue weighted by Gasteiger charge is -2.18. The average Bonchev–Trinajstić information content (AvgIpc) is 3.73. The predicted octanol–water partition coefficient (Wildman–Crippen LogP) is 14.7. The van der Waals surface area contributed by atoms with Crippen molar-refractivity contribution in [2.24, 2.45) is 0 Å². The van der Waals surface area contributed by atoms with Crippen LogP contribution in [0.3, 0.4) is 0 Å². The lowest BCUT2D eigenvalue weighted by Crippen LogP contribution is -2.04. The Morgan fingerprint density at radius 1 is 0.211 bits per heavy atom. The van der Waals surface area contributed by atoms with E-state index in [1.807, 2.05) is 0 Å². The summed E-state index contributed by atoms with van der Waals surface area (Å²) in [4.78, 5) is 0. The average molecular weight is 742 g/mol. The number of hydrogen-bond acceptors (Lipinski definition) is 0. The van der Waals surface area contributed by atoms with Gasteiger partial charge in [-0.3, -0.25) is 0 Å². The van der Waals surface area contributed by atoms with Gasteiger partial charge in [-0.2, -0.15) is 0 Å². The molecule has 3 aromatic heterocycles. The Balaban J connectivity index is 1.45. The van der Waals surface area contributed by atoms with Crippen molar-refractivity contribution in [1.29, 1.82) is 0 Å². The standard InChI is InChI=1S/C54H51N3/c1-28-13-34(7)49-43(19-28)55(44-20-29(2)14-35(8)50(44)49)40-25-41(56-45-21-30(3)15-36(9)51(45)52-37(10)16-31(4)22-46(52)56)27-42(26-40)57-47-23-32(5)17-38(11)53(47)54-39(12)18-33(6)24-48(54)57/h13-27H,1-12H3. The number of rotatable bonds is 3. The van der Waals surface area contributed by atoms with Crippen molar-refractivity contribution in [1.82, 2.24) is 13.7 Å². The van der Waals surface area contributed by atoms with E-state index in [1.165, 1.54) is 132 Å². The molecule has 0 amide bonds. The summed E-state index contributed by atoms with van der Waals surface area (Å²) in [7, 11) is 0. The van der Waals surface area contributed by atoms with Crippen molar-refractivity contribution in [3.05, 3.63) is 158 Å². The van der Waals surface area contributed by atoms with Gasteiger partial charge in [0.25, 0.3) is 0 Å². The first-order valence-electron chi connectivity index (χ1n) is 20.4. The molecule has 0 aliphatic carbocycles. The van der Waals surface area contributed by atoms with Crippen LogP contribution < -0.4 is 0 Å². The molecule has 282 valence electrons. The second-order valence-electron chi connectivity index (χ2n) is 17.6. The van der Waals surface area contributed by atoms with Gasteiger partial charge in [0.1, 0.15) is 0 Å². The van der Waals surface area contributed by atoms with E-state index in [1.54, 1.807) is 0 Å². The molecule has 3 heteroatoms. The first kappa shape index (κ1) is 35.4. The van der Waals surface area contributed by atoms with Crippen LogP contribution in [0.5, 0.6) is 0 Å². The molecule has 0 fully saturated rings. The van der Waals surface area contributed by atoms with Gasteiger partial charge < -0.3 is 13.7 Å². The maximum absolute atomic E-state index is 2.55. The summed E-state index contributed by atoms with van der Waals surface area (Å²) in [5.74, 6) is 0.